The lowest BCUT2D eigenvalue weighted by atomic mass is 10.3. The molecule has 0 aliphatic carbocycles. The molecule has 0 saturated carbocycles. The molecule has 5 heteroatoms. The Kier molecular flexibility index (Phi) is 9.46. The molecule has 90 valence electrons. The first-order valence-corrected chi connectivity index (χ1v) is 5.43. The predicted octanol–water partition coefficient (Wildman–Crippen LogP) is -0.500. The Morgan fingerprint density at radius 3 is 2.80 bits per heavy atom. The molecule has 0 radical (unpaired) electrons. The highest BCUT2D eigenvalue weighted by Crippen LogP contribution is 1.84. The zero-order valence-corrected chi connectivity index (χ0v) is 9.58. The van der Waals surface area contributed by atoms with Crippen LogP contribution in [0.2, 0.25) is 0 Å². The van der Waals surface area contributed by atoms with Gasteiger partial charge in [0.25, 0.3) is 0 Å². The van der Waals surface area contributed by atoms with Crippen molar-refractivity contribution in [1.29, 1.82) is 0 Å². The van der Waals surface area contributed by atoms with Gasteiger partial charge in [0, 0.05) is 32.7 Å². The van der Waals surface area contributed by atoms with Gasteiger partial charge >= 0.3 is 0 Å². The Morgan fingerprint density at radius 1 is 1.47 bits per heavy atom. The van der Waals surface area contributed by atoms with E-state index in [1.54, 1.807) is 0 Å². The Morgan fingerprint density at radius 2 is 2.20 bits per heavy atom. The maximum atomic E-state index is 11.0. The van der Waals surface area contributed by atoms with Crippen molar-refractivity contribution in [3.8, 4) is 0 Å². The standard InChI is InChI=1S/C10H22N2O3/c1-3-12-10(14)5-6-11-7-9(13)8-15-4-2/h9,11,13H,3-8H2,1-2H3,(H,12,14). The van der Waals surface area contributed by atoms with Gasteiger partial charge in [-0.25, -0.2) is 0 Å². The van der Waals surface area contributed by atoms with E-state index in [1.165, 1.54) is 0 Å². The third kappa shape index (κ3) is 9.65. The van der Waals surface area contributed by atoms with Gasteiger partial charge in [0.05, 0.1) is 12.7 Å². The molecule has 0 aliphatic heterocycles. The summed E-state index contributed by atoms with van der Waals surface area (Å²) in [5.74, 6) is 0.0318. The Bertz CT molecular complexity index is 165. The minimum atomic E-state index is -0.501. The quantitative estimate of drug-likeness (QED) is 0.456. The second-order valence-corrected chi connectivity index (χ2v) is 3.22. The molecule has 3 N–H and O–H groups in total. The molecule has 0 fully saturated rings. The van der Waals surface area contributed by atoms with E-state index in [1.807, 2.05) is 13.8 Å². The van der Waals surface area contributed by atoms with Crippen LogP contribution in [0.4, 0.5) is 0 Å². The zero-order valence-electron chi connectivity index (χ0n) is 9.58. The van der Waals surface area contributed by atoms with E-state index in [9.17, 15) is 9.90 Å². The number of carbonyl (C=O) groups is 1. The number of aliphatic hydroxyl groups excluding tert-OH is 1. The van der Waals surface area contributed by atoms with Crippen LogP contribution in [-0.2, 0) is 9.53 Å². The van der Waals surface area contributed by atoms with Crippen molar-refractivity contribution in [2.75, 3.05) is 32.8 Å². The highest BCUT2D eigenvalue weighted by atomic mass is 16.5. The largest absolute Gasteiger partial charge is 0.389 e. The number of hydrogen-bond acceptors (Lipinski definition) is 4. The minimum Gasteiger partial charge on any atom is -0.389 e. The van der Waals surface area contributed by atoms with E-state index in [0.29, 0.717) is 39.3 Å². The smallest absolute Gasteiger partial charge is 0.221 e. The summed E-state index contributed by atoms with van der Waals surface area (Å²) < 4.78 is 5.04. The highest BCUT2D eigenvalue weighted by molar-refractivity contribution is 5.75. The van der Waals surface area contributed by atoms with Crippen molar-refractivity contribution in [3.05, 3.63) is 0 Å². The van der Waals surface area contributed by atoms with Gasteiger partial charge in [0.2, 0.25) is 5.91 Å². The maximum absolute atomic E-state index is 11.0. The number of aliphatic hydroxyl groups is 1. The molecule has 0 aromatic heterocycles. The van der Waals surface area contributed by atoms with Crippen molar-refractivity contribution in [2.45, 2.75) is 26.4 Å². The normalized spacial score (nSPS) is 12.5. The van der Waals surface area contributed by atoms with Crippen LogP contribution in [0.1, 0.15) is 20.3 Å². The monoisotopic (exact) mass is 218 g/mol. The van der Waals surface area contributed by atoms with Crippen LogP contribution in [0.5, 0.6) is 0 Å². The van der Waals surface area contributed by atoms with Gasteiger partial charge in [-0.05, 0) is 13.8 Å². The van der Waals surface area contributed by atoms with Crippen LogP contribution in [0.15, 0.2) is 0 Å². The SMILES string of the molecule is CCNC(=O)CCNCC(O)COCC. The summed E-state index contributed by atoms with van der Waals surface area (Å²) >= 11 is 0. The van der Waals surface area contributed by atoms with Crippen LogP contribution in [-0.4, -0.2) is 50.0 Å². The van der Waals surface area contributed by atoms with Gasteiger partial charge in [0.15, 0.2) is 0 Å². The van der Waals surface area contributed by atoms with E-state index in [2.05, 4.69) is 10.6 Å². The predicted molar refractivity (Wildman–Crippen MR) is 58.7 cm³/mol. The fourth-order valence-electron chi connectivity index (χ4n) is 1.07. The molecule has 0 bridgehead atoms. The number of carbonyl (C=O) groups excluding carboxylic acids is 1. The van der Waals surface area contributed by atoms with E-state index >= 15 is 0 Å². The number of ether oxygens (including phenoxy) is 1. The lowest BCUT2D eigenvalue weighted by molar-refractivity contribution is -0.120. The zero-order chi connectivity index (χ0) is 11.5. The van der Waals surface area contributed by atoms with Crippen LogP contribution < -0.4 is 10.6 Å². The molecule has 0 spiro atoms. The molecule has 0 aliphatic rings. The lowest BCUT2D eigenvalue weighted by Gasteiger charge is -2.11. The van der Waals surface area contributed by atoms with Crippen LogP contribution in [0.25, 0.3) is 0 Å². The third-order valence-electron chi connectivity index (χ3n) is 1.80. The molecule has 0 aromatic carbocycles. The first kappa shape index (κ1) is 14.3. The second-order valence-electron chi connectivity index (χ2n) is 3.22. The van der Waals surface area contributed by atoms with Gasteiger partial charge in [0.1, 0.15) is 0 Å². The summed E-state index contributed by atoms with van der Waals surface area (Å²) in [6, 6.07) is 0. The van der Waals surface area contributed by atoms with Crippen molar-refractivity contribution in [3.63, 3.8) is 0 Å². The van der Waals surface area contributed by atoms with Crippen molar-refractivity contribution in [2.24, 2.45) is 0 Å². The summed E-state index contributed by atoms with van der Waals surface area (Å²) in [5.41, 5.74) is 0. The van der Waals surface area contributed by atoms with E-state index < -0.39 is 6.10 Å². The first-order valence-electron chi connectivity index (χ1n) is 5.43. The number of hydrogen-bond donors (Lipinski definition) is 3. The average Bonchev–Trinajstić information content (AvgIpc) is 2.22. The van der Waals surface area contributed by atoms with Crippen molar-refractivity contribution >= 4 is 5.91 Å². The number of amides is 1. The fourth-order valence-corrected chi connectivity index (χ4v) is 1.07. The molecule has 0 aromatic rings. The minimum absolute atomic E-state index is 0.0318. The Labute approximate surface area is 91.2 Å². The molecular weight excluding hydrogens is 196 g/mol. The Balaban J connectivity index is 3.26. The van der Waals surface area contributed by atoms with Gasteiger partial charge in [-0.3, -0.25) is 4.79 Å². The van der Waals surface area contributed by atoms with Crippen molar-refractivity contribution < 1.29 is 14.6 Å². The molecule has 0 heterocycles. The van der Waals surface area contributed by atoms with Gasteiger partial charge in [-0.15, -0.1) is 0 Å². The van der Waals surface area contributed by atoms with Gasteiger partial charge in [-0.2, -0.15) is 0 Å². The third-order valence-corrected chi connectivity index (χ3v) is 1.80. The van der Waals surface area contributed by atoms with Gasteiger partial charge < -0.3 is 20.5 Å². The second kappa shape index (κ2) is 9.89. The van der Waals surface area contributed by atoms with Crippen LogP contribution >= 0.6 is 0 Å². The molecule has 5 nitrogen and oxygen atoms in total. The molecular formula is C10H22N2O3. The average molecular weight is 218 g/mol. The summed E-state index contributed by atoms with van der Waals surface area (Å²) in [5, 5.41) is 15.1. The molecule has 0 saturated heterocycles. The topological polar surface area (TPSA) is 70.6 Å². The molecule has 0 rings (SSSR count). The molecule has 15 heavy (non-hydrogen) atoms. The lowest BCUT2D eigenvalue weighted by Crippen LogP contribution is -2.33. The maximum Gasteiger partial charge on any atom is 0.221 e. The van der Waals surface area contributed by atoms with Crippen molar-refractivity contribution in [1.82, 2.24) is 10.6 Å². The fraction of sp³-hybridized carbons (Fsp3) is 0.900. The summed E-state index contributed by atoms with van der Waals surface area (Å²) in [4.78, 5) is 11.0. The molecule has 1 atom stereocenters. The summed E-state index contributed by atoms with van der Waals surface area (Å²) in [6.45, 7) is 6.41. The van der Waals surface area contributed by atoms with Gasteiger partial charge in [-0.1, -0.05) is 0 Å². The first-order chi connectivity index (χ1) is 7.20. The van der Waals surface area contributed by atoms with E-state index in [4.69, 9.17) is 4.74 Å². The molecule has 1 unspecified atom stereocenters. The highest BCUT2D eigenvalue weighted by Gasteiger charge is 2.03. The van der Waals surface area contributed by atoms with Crippen LogP contribution in [0, 0.1) is 0 Å². The van der Waals surface area contributed by atoms with Crippen LogP contribution in [0.3, 0.4) is 0 Å². The Hall–Kier alpha value is -0.650. The summed E-state index contributed by atoms with van der Waals surface area (Å²) in [6.07, 6.45) is -0.0611. The number of nitrogens with one attached hydrogen (secondary N) is 2. The van der Waals surface area contributed by atoms with E-state index in [0.717, 1.165) is 0 Å². The van der Waals surface area contributed by atoms with E-state index in [-0.39, 0.29) is 5.91 Å². The number of rotatable bonds is 9. The summed E-state index contributed by atoms with van der Waals surface area (Å²) in [7, 11) is 0. The molecule has 1 amide bonds.